The molecule has 1 fully saturated rings. The van der Waals surface area contributed by atoms with Crippen LogP contribution in [0.3, 0.4) is 0 Å². The van der Waals surface area contributed by atoms with Gasteiger partial charge in [-0.05, 0) is 56.6 Å². The zero-order chi connectivity index (χ0) is 17.3. The van der Waals surface area contributed by atoms with E-state index >= 15 is 0 Å². The van der Waals surface area contributed by atoms with E-state index in [1.54, 1.807) is 24.3 Å². The van der Waals surface area contributed by atoms with Crippen molar-refractivity contribution in [2.75, 3.05) is 6.54 Å². The standard InChI is InChI=1S/C19H23NO4/c1-12(21)10-15(22)11-14(13-6-7-13)8-9-20-18(23)16-4-2-3-5-17(16)19(20)24/h2-5,13-15,22H,6-11H2,1H3/t14?,15-/m0/s1. The Bertz CT molecular complexity index is 630. The van der Waals surface area contributed by atoms with Crippen molar-refractivity contribution in [3.63, 3.8) is 0 Å². The van der Waals surface area contributed by atoms with Crippen LogP contribution in [0.15, 0.2) is 24.3 Å². The minimum atomic E-state index is -0.629. The maximum absolute atomic E-state index is 12.4. The molecule has 2 aliphatic rings. The summed E-state index contributed by atoms with van der Waals surface area (Å²) in [6, 6.07) is 6.90. The van der Waals surface area contributed by atoms with Gasteiger partial charge in [-0.3, -0.25) is 19.3 Å². The van der Waals surface area contributed by atoms with Crippen molar-refractivity contribution in [3.8, 4) is 0 Å². The number of imide groups is 1. The molecule has 1 unspecified atom stereocenters. The second-order valence-corrected chi connectivity index (χ2v) is 6.99. The summed E-state index contributed by atoms with van der Waals surface area (Å²) >= 11 is 0. The number of hydrogen-bond acceptors (Lipinski definition) is 4. The molecule has 5 nitrogen and oxygen atoms in total. The molecule has 1 aromatic carbocycles. The number of ketones is 1. The van der Waals surface area contributed by atoms with Gasteiger partial charge < -0.3 is 5.11 Å². The fourth-order valence-corrected chi connectivity index (χ4v) is 3.62. The molecule has 1 aliphatic carbocycles. The molecule has 24 heavy (non-hydrogen) atoms. The van der Waals surface area contributed by atoms with Crippen LogP contribution in [0.1, 0.15) is 59.7 Å². The Morgan fingerprint density at radius 3 is 2.29 bits per heavy atom. The van der Waals surface area contributed by atoms with Crippen LogP contribution in [0.4, 0.5) is 0 Å². The minimum Gasteiger partial charge on any atom is -0.393 e. The van der Waals surface area contributed by atoms with Crippen LogP contribution in [0.25, 0.3) is 0 Å². The van der Waals surface area contributed by atoms with Gasteiger partial charge in [0, 0.05) is 13.0 Å². The molecule has 0 aromatic heterocycles. The lowest BCUT2D eigenvalue weighted by atomic mass is 9.91. The van der Waals surface area contributed by atoms with Crippen molar-refractivity contribution in [1.29, 1.82) is 0 Å². The van der Waals surface area contributed by atoms with Gasteiger partial charge in [-0.15, -0.1) is 0 Å². The van der Waals surface area contributed by atoms with E-state index < -0.39 is 6.10 Å². The van der Waals surface area contributed by atoms with Crippen LogP contribution in [-0.4, -0.2) is 40.3 Å². The predicted molar refractivity (Wildman–Crippen MR) is 88.6 cm³/mol. The quantitative estimate of drug-likeness (QED) is 0.743. The largest absolute Gasteiger partial charge is 0.393 e. The van der Waals surface area contributed by atoms with E-state index in [1.165, 1.54) is 11.8 Å². The van der Waals surface area contributed by atoms with Gasteiger partial charge in [0.1, 0.15) is 5.78 Å². The van der Waals surface area contributed by atoms with Crippen molar-refractivity contribution in [3.05, 3.63) is 35.4 Å². The predicted octanol–water partition coefficient (Wildman–Crippen LogP) is 2.43. The number of amides is 2. The van der Waals surface area contributed by atoms with Crippen LogP contribution >= 0.6 is 0 Å². The van der Waals surface area contributed by atoms with E-state index in [4.69, 9.17) is 0 Å². The molecule has 0 saturated heterocycles. The van der Waals surface area contributed by atoms with Gasteiger partial charge in [-0.25, -0.2) is 0 Å². The summed E-state index contributed by atoms with van der Waals surface area (Å²) in [5.41, 5.74) is 0.948. The molecule has 1 N–H and O–H groups in total. The van der Waals surface area contributed by atoms with Gasteiger partial charge >= 0.3 is 0 Å². The Labute approximate surface area is 141 Å². The number of aliphatic hydroxyl groups excluding tert-OH is 1. The van der Waals surface area contributed by atoms with Crippen LogP contribution in [0.2, 0.25) is 0 Å². The first-order valence-electron chi connectivity index (χ1n) is 8.60. The van der Waals surface area contributed by atoms with Gasteiger partial charge in [0.05, 0.1) is 17.2 Å². The maximum Gasteiger partial charge on any atom is 0.261 e. The lowest BCUT2D eigenvalue weighted by Gasteiger charge is -2.22. The molecular weight excluding hydrogens is 306 g/mol. The summed E-state index contributed by atoms with van der Waals surface area (Å²) in [5, 5.41) is 10.0. The normalized spacial score (nSPS) is 19.3. The Kier molecular flexibility index (Phi) is 4.81. The highest BCUT2D eigenvalue weighted by molar-refractivity contribution is 6.21. The van der Waals surface area contributed by atoms with E-state index in [0.29, 0.717) is 36.4 Å². The van der Waals surface area contributed by atoms with Crippen molar-refractivity contribution < 1.29 is 19.5 Å². The van der Waals surface area contributed by atoms with Gasteiger partial charge in [0.2, 0.25) is 0 Å². The van der Waals surface area contributed by atoms with E-state index in [9.17, 15) is 19.5 Å². The molecule has 0 spiro atoms. The monoisotopic (exact) mass is 329 g/mol. The van der Waals surface area contributed by atoms with Gasteiger partial charge in [0.25, 0.3) is 11.8 Å². The zero-order valence-corrected chi connectivity index (χ0v) is 13.9. The molecule has 128 valence electrons. The molecule has 3 rings (SSSR count). The summed E-state index contributed by atoms with van der Waals surface area (Å²) < 4.78 is 0. The number of fused-ring (bicyclic) bond motifs is 1. The van der Waals surface area contributed by atoms with Crippen LogP contribution in [0.5, 0.6) is 0 Å². The molecule has 2 amide bonds. The topological polar surface area (TPSA) is 74.7 Å². The summed E-state index contributed by atoms with van der Waals surface area (Å²) in [6.07, 6.45) is 3.05. The average Bonchev–Trinajstić information content (AvgIpc) is 3.34. The van der Waals surface area contributed by atoms with E-state index in [-0.39, 0.29) is 29.9 Å². The van der Waals surface area contributed by atoms with E-state index in [0.717, 1.165) is 12.8 Å². The fourth-order valence-electron chi connectivity index (χ4n) is 3.62. The molecule has 1 aromatic rings. The number of carbonyl (C=O) groups excluding carboxylic acids is 3. The molecule has 1 aliphatic heterocycles. The van der Waals surface area contributed by atoms with Gasteiger partial charge in [0.15, 0.2) is 0 Å². The Hall–Kier alpha value is -2.01. The van der Waals surface area contributed by atoms with Crippen molar-refractivity contribution in [1.82, 2.24) is 4.90 Å². The third-order valence-electron chi connectivity index (χ3n) is 4.99. The van der Waals surface area contributed by atoms with Gasteiger partial charge in [-0.1, -0.05) is 12.1 Å². The second-order valence-electron chi connectivity index (χ2n) is 6.99. The molecule has 0 bridgehead atoms. The Morgan fingerprint density at radius 2 is 1.79 bits per heavy atom. The number of benzene rings is 1. The average molecular weight is 329 g/mol. The van der Waals surface area contributed by atoms with Crippen LogP contribution < -0.4 is 0 Å². The first-order valence-corrected chi connectivity index (χ1v) is 8.60. The lowest BCUT2D eigenvalue weighted by molar-refractivity contribution is -0.119. The highest BCUT2D eigenvalue weighted by atomic mass is 16.3. The van der Waals surface area contributed by atoms with E-state index in [1.807, 2.05) is 0 Å². The van der Waals surface area contributed by atoms with Crippen molar-refractivity contribution >= 4 is 17.6 Å². The highest BCUT2D eigenvalue weighted by Gasteiger charge is 2.37. The molecular formula is C19H23NO4. The molecule has 1 saturated carbocycles. The molecule has 5 heteroatoms. The smallest absolute Gasteiger partial charge is 0.261 e. The minimum absolute atomic E-state index is 0.0163. The number of hydrogen-bond donors (Lipinski definition) is 1. The number of aliphatic hydroxyl groups is 1. The third kappa shape index (κ3) is 3.56. The Morgan fingerprint density at radius 1 is 1.21 bits per heavy atom. The molecule has 0 radical (unpaired) electrons. The third-order valence-corrected chi connectivity index (χ3v) is 4.99. The van der Waals surface area contributed by atoms with E-state index in [2.05, 4.69) is 0 Å². The van der Waals surface area contributed by atoms with Gasteiger partial charge in [-0.2, -0.15) is 0 Å². The first kappa shape index (κ1) is 16.8. The van der Waals surface area contributed by atoms with Crippen LogP contribution in [0, 0.1) is 11.8 Å². The summed E-state index contributed by atoms with van der Waals surface area (Å²) in [7, 11) is 0. The summed E-state index contributed by atoms with van der Waals surface area (Å²) in [6.45, 7) is 1.86. The SMILES string of the molecule is CC(=O)C[C@H](O)CC(CCN1C(=O)c2ccccc2C1=O)C1CC1. The summed E-state index contributed by atoms with van der Waals surface area (Å²) in [4.78, 5) is 37.2. The fraction of sp³-hybridized carbons (Fsp3) is 0.526. The number of rotatable bonds is 8. The molecule has 1 heterocycles. The zero-order valence-electron chi connectivity index (χ0n) is 13.9. The lowest BCUT2D eigenvalue weighted by Crippen LogP contribution is -2.32. The molecule has 2 atom stereocenters. The highest BCUT2D eigenvalue weighted by Crippen LogP contribution is 2.41. The van der Waals surface area contributed by atoms with Crippen LogP contribution in [-0.2, 0) is 4.79 Å². The first-order chi connectivity index (χ1) is 11.5. The summed E-state index contributed by atoms with van der Waals surface area (Å²) in [5.74, 6) is 0.326. The number of carbonyl (C=O) groups is 3. The number of Topliss-reactive ketones (excluding diaryl/α,β-unsaturated/α-hetero) is 1. The van der Waals surface area contributed by atoms with Crippen molar-refractivity contribution in [2.45, 2.75) is 45.1 Å². The number of nitrogens with zero attached hydrogens (tertiary/aromatic N) is 1. The maximum atomic E-state index is 12.4. The second kappa shape index (κ2) is 6.85. The Balaban J connectivity index is 1.61. The van der Waals surface area contributed by atoms with Crippen molar-refractivity contribution in [2.24, 2.45) is 11.8 Å².